The van der Waals surface area contributed by atoms with Gasteiger partial charge in [0.05, 0.1) is 18.4 Å². The minimum Gasteiger partial charge on any atom is -0.497 e. The van der Waals surface area contributed by atoms with Crippen molar-refractivity contribution in [3.63, 3.8) is 0 Å². The number of hydrogen-bond acceptors (Lipinski definition) is 4. The topological polar surface area (TPSA) is 58.6 Å². The molecule has 0 aromatic heterocycles. The lowest BCUT2D eigenvalue weighted by Gasteiger charge is -2.16. The Morgan fingerprint density at radius 2 is 2.16 bits per heavy atom. The van der Waals surface area contributed by atoms with Gasteiger partial charge < -0.3 is 15.0 Å². The molecule has 2 aliphatic rings. The highest BCUT2D eigenvalue weighted by Gasteiger charge is 2.35. The molecule has 1 amide bonds. The van der Waals surface area contributed by atoms with E-state index < -0.39 is 11.7 Å². The number of Topliss-reactive ketones (excluding diaryl/α,β-unsaturated/α-hetero) is 1. The van der Waals surface area contributed by atoms with E-state index in [0.29, 0.717) is 29.6 Å². The second-order valence-corrected chi connectivity index (χ2v) is 4.90. The second-order valence-electron chi connectivity index (χ2n) is 4.90. The molecule has 1 aliphatic carbocycles. The number of rotatable bonds is 5. The van der Waals surface area contributed by atoms with Gasteiger partial charge in [0.15, 0.2) is 0 Å². The number of methoxy groups -OCH3 is 1. The summed E-state index contributed by atoms with van der Waals surface area (Å²) in [6.07, 6.45) is 2.42. The summed E-state index contributed by atoms with van der Waals surface area (Å²) >= 11 is 0. The molecule has 1 aliphatic heterocycles. The molecular formula is C14H16N2O3. The van der Waals surface area contributed by atoms with Gasteiger partial charge in [0.25, 0.3) is 11.7 Å². The third kappa shape index (κ3) is 2.21. The van der Waals surface area contributed by atoms with E-state index in [0.717, 1.165) is 6.54 Å². The molecule has 19 heavy (non-hydrogen) atoms. The van der Waals surface area contributed by atoms with E-state index >= 15 is 0 Å². The van der Waals surface area contributed by atoms with Crippen molar-refractivity contribution < 1.29 is 14.3 Å². The van der Waals surface area contributed by atoms with Crippen LogP contribution in [0.4, 0.5) is 5.69 Å². The van der Waals surface area contributed by atoms with Gasteiger partial charge in [0.2, 0.25) is 0 Å². The Hall–Kier alpha value is -1.88. The molecule has 1 N–H and O–H groups in total. The Morgan fingerprint density at radius 3 is 2.84 bits per heavy atom. The molecule has 1 aromatic carbocycles. The molecule has 0 spiro atoms. The van der Waals surface area contributed by atoms with E-state index in [2.05, 4.69) is 5.32 Å². The van der Waals surface area contributed by atoms with Crippen molar-refractivity contribution in [1.29, 1.82) is 0 Å². The number of amides is 1. The van der Waals surface area contributed by atoms with Crippen molar-refractivity contribution >= 4 is 17.4 Å². The smallest absolute Gasteiger partial charge is 0.299 e. The van der Waals surface area contributed by atoms with Crippen LogP contribution >= 0.6 is 0 Å². The molecule has 1 fully saturated rings. The summed E-state index contributed by atoms with van der Waals surface area (Å²) in [5.41, 5.74) is 1.13. The fourth-order valence-corrected chi connectivity index (χ4v) is 2.30. The number of carbonyl (C=O) groups excluding carboxylic acids is 2. The summed E-state index contributed by atoms with van der Waals surface area (Å²) in [6, 6.07) is 5.77. The van der Waals surface area contributed by atoms with Gasteiger partial charge in [0, 0.05) is 19.1 Å². The molecule has 100 valence electrons. The third-order valence-electron chi connectivity index (χ3n) is 3.52. The zero-order chi connectivity index (χ0) is 13.4. The lowest BCUT2D eigenvalue weighted by atomic mass is 10.1. The maximum atomic E-state index is 12.0. The van der Waals surface area contributed by atoms with Crippen LogP contribution in [0.5, 0.6) is 5.75 Å². The van der Waals surface area contributed by atoms with Gasteiger partial charge >= 0.3 is 0 Å². The van der Waals surface area contributed by atoms with Crippen molar-refractivity contribution in [3.8, 4) is 5.75 Å². The highest BCUT2D eigenvalue weighted by molar-refractivity contribution is 6.52. The van der Waals surface area contributed by atoms with Crippen molar-refractivity contribution in [3.05, 3.63) is 23.8 Å². The molecule has 1 saturated carbocycles. The lowest BCUT2D eigenvalue weighted by molar-refractivity contribution is -0.114. The van der Waals surface area contributed by atoms with Crippen LogP contribution in [-0.2, 0) is 4.79 Å². The Morgan fingerprint density at radius 1 is 1.37 bits per heavy atom. The fourth-order valence-electron chi connectivity index (χ4n) is 2.30. The molecule has 0 unspecified atom stereocenters. The Bertz CT molecular complexity index is 537. The van der Waals surface area contributed by atoms with Crippen LogP contribution in [-0.4, -0.2) is 37.9 Å². The van der Waals surface area contributed by atoms with E-state index in [-0.39, 0.29) is 0 Å². The first-order chi connectivity index (χ1) is 9.20. The molecular weight excluding hydrogens is 244 g/mol. The SMILES string of the molecule is COc1ccc2c(c1)C(=O)C(=O)N2CCNC1CC1. The lowest BCUT2D eigenvalue weighted by Crippen LogP contribution is -2.36. The van der Waals surface area contributed by atoms with Gasteiger partial charge in [0.1, 0.15) is 5.75 Å². The first kappa shape index (κ1) is 12.2. The molecule has 1 aromatic rings. The first-order valence-electron chi connectivity index (χ1n) is 6.48. The zero-order valence-electron chi connectivity index (χ0n) is 10.8. The maximum absolute atomic E-state index is 12.0. The second kappa shape index (κ2) is 4.66. The van der Waals surface area contributed by atoms with Crippen molar-refractivity contribution in [2.75, 3.05) is 25.1 Å². The van der Waals surface area contributed by atoms with Gasteiger partial charge in [-0.3, -0.25) is 9.59 Å². The summed E-state index contributed by atoms with van der Waals surface area (Å²) in [7, 11) is 1.54. The average molecular weight is 260 g/mol. The number of carbonyl (C=O) groups is 2. The number of benzene rings is 1. The normalized spacial score (nSPS) is 17.8. The van der Waals surface area contributed by atoms with E-state index in [4.69, 9.17) is 4.74 Å². The molecule has 5 nitrogen and oxygen atoms in total. The van der Waals surface area contributed by atoms with Gasteiger partial charge in [-0.2, -0.15) is 0 Å². The minimum absolute atomic E-state index is 0.441. The molecule has 3 rings (SSSR count). The first-order valence-corrected chi connectivity index (χ1v) is 6.48. The predicted octanol–water partition coefficient (Wildman–Crippen LogP) is 0.976. The largest absolute Gasteiger partial charge is 0.497 e. The van der Waals surface area contributed by atoms with Crippen LogP contribution < -0.4 is 15.0 Å². The highest BCUT2D eigenvalue weighted by atomic mass is 16.5. The molecule has 0 bridgehead atoms. The standard InChI is InChI=1S/C14H16N2O3/c1-19-10-4-5-12-11(8-10)13(17)14(18)16(12)7-6-15-9-2-3-9/h4-5,8-9,15H,2-3,6-7H2,1H3. The number of nitrogens with zero attached hydrogens (tertiary/aromatic N) is 1. The van der Waals surface area contributed by atoms with Crippen LogP contribution in [0.15, 0.2) is 18.2 Å². The summed E-state index contributed by atoms with van der Waals surface area (Å²) in [5.74, 6) is -0.293. The maximum Gasteiger partial charge on any atom is 0.299 e. The van der Waals surface area contributed by atoms with Crippen LogP contribution in [0.1, 0.15) is 23.2 Å². The highest BCUT2D eigenvalue weighted by Crippen LogP contribution is 2.31. The number of ether oxygens (including phenoxy) is 1. The van der Waals surface area contributed by atoms with Gasteiger partial charge in [-0.05, 0) is 31.0 Å². The van der Waals surface area contributed by atoms with Crippen LogP contribution in [0.2, 0.25) is 0 Å². The van der Waals surface area contributed by atoms with E-state index in [1.165, 1.54) is 12.8 Å². The van der Waals surface area contributed by atoms with Crippen LogP contribution in [0, 0.1) is 0 Å². The molecule has 0 saturated heterocycles. The summed E-state index contributed by atoms with van der Waals surface area (Å²) in [6.45, 7) is 1.25. The molecule has 5 heteroatoms. The Balaban J connectivity index is 1.78. The molecule has 0 atom stereocenters. The number of nitrogens with one attached hydrogen (secondary N) is 1. The average Bonchev–Trinajstić information content (AvgIpc) is 3.22. The van der Waals surface area contributed by atoms with Crippen molar-refractivity contribution in [1.82, 2.24) is 5.32 Å². The number of hydrogen-bond donors (Lipinski definition) is 1. The molecule has 1 heterocycles. The predicted molar refractivity (Wildman–Crippen MR) is 70.7 cm³/mol. The van der Waals surface area contributed by atoms with E-state index in [1.807, 2.05) is 0 Å². The monoisotopic (exact) mass is 260 g/mol. The Kier molecular flexibility index (Phi) is 2.98. The number of anilines is 1. The van der Waals surface area contributed by atoms with E-state index in [1.54, 1.807) is 30.2 Å². The quantitative estimate of drug-likeness (QED) is 0.802. The third-order valence-corrected chi connectivity index (χ3v) is 3.52. The minimum atomic E-state index is -0.444. The zero-order valence-corrected chi connectivity index (χ0v) is 10.8. The van der Waals surface area contributed by atoms with Crippen LogP contribution in [0.25, 0.3) is 0 Å². The van der Waals surface area contributed by atoms with Gasteiger partial charge in [-0.1, -0.05) is 0 Å². The summed E-state index contributed by atoms with van der Waals surface area (Å²) < 4.78 is 5.08. The van der Waals surface area contributed by atoms with E-state index in [9.17, 15) is 9.59 Å². The van der Waals surface area contributed by atoms with Gasteiger partial charge in [-0.25, -0.2) is 0 Å². The number of ketones is 1. The number of fused-ring (bicyclic) bond motifs is 1. The Labute approximate surface area is 111 Å². The van der Waals surface area contributed by atoms with Crippen molar-refractivity contribution in [2.24, 2.45) is 0 Å². The fraction of sp³-hybridized carbons (Fsp3) is 0.429. The summed E-state index contributed by atoms with van der Waals surface area (Å²) in [4.78, 5) is 25.4. The van der Waals surface area contributed by atoms with Crippen molar-refractivity contribution in [2.45, 2.75) is 18.9 Å². The molecule has 0 radical (unpaired) electrons. The van der Waals surface area contributed by atoms with Gasteiger partial charge in [-0.15, -0.1) is 0 Å². The van der Waals surface area contributed by atoms with Crippen LogP contribution in [0.3, 0.4) is 0 Å². The summed E-state index contributed by atoms with van der Waals surface area (Å²) in [5, 5.41) is 3.34.